The third kappa shape index (κ3) is 4.69. The first-order valence-electron chi connectivity index (χ1n) is 9.41. The summed E-state index contributed by atoms with van der Waals surface area (Å²) < 4.78 is 0. The van der Waals surface area contributed by atoms with Crippen molar-refractivity contribution in [1.29, 1.82) is 0 Å². The average molecular weight is 386 g/mol. The average Bonchev–Trinajstić information content (AvgIpc) is 3.23. The van der Waals surface area contributed by atoms with Crippen molar-refractivity contribution in [1.82, 2.24) is 5.32 Å². The molecule has 1 aromatic carbocycles. The zero-order valence-corrected chi connectivity index (χ0v) is 16.8. The van der Waals surface area contributed by atoms with E-state index in [1.807, 2.05) is 31.1 Å². The fraction of sp³-hybridized carbons (Fsp3) is 0.429. The molecule has 0 aliphatic heterocycles. The molecule has 0 saturated heterocycles. The molecular weight excluding hydrogens is 358 g/mol. The van der Waals surface area contributed by atoms with Gasteiger partial charge in [0.25, 0.3) is 0 Å². The van der Waals surface area contributed by atoms with Crippen molar-refractivity contribution in [2.24, 2.45) is 0 Å². The van der Waals surface area contributed by atoms with Gasteiger partial charge in [-0.05, 0) is 48.6 Å². The number of hydrogen-bond donors (Lipinski definition) is 2. The van der Waals surface area contributed by atoms with Crippen LogP contribution in [0, 0.1) is 0 Å². The summed E-state index contributed by atoms with van der Waals surface area (Å²) >= 11 is 1.74. The highest BCUT2D eigenvalue weighted by Crippen LogP contribution is 2.41. The predicted molar refractivity (Wildman–Crippen MR) is 111 cm³/mol. The van der Waals surface area contributed by atoms with Gasteiger partial charge in [0.15, 0.2) is 0 Å². The molecule has 1 aliphatic rings. The molecule has 1 heterocycles. The van der Waals surface area contributed by atoms with E-state index in [-0.39, 0.29) is 5.41 Å². The Kier molecular flexibility index (Phi) is 6.16. The van der Waals surface area contributed by atoms with Crippen LogP contribution in [0.2, 0.25) is 0 Å². The molecule has 3 rings (SSSR count). The molecule has 2 amide bonds. The van der Waals surface area contributed by atoms with Crippen LogP contribution >= 0.6 is 11.3 Å². The molecule has 2 aromatic rings. The quantitative estimate of drug-likeness (QED) is 0.770. The second-order valence-corrected chi connectivity index (χ2v) is 8.34. The van der Waals surface area contributed by atoms with Gasteiger partial charge in [0, 0.05) is 42.3 Å². The van der Waals surface area contributed by atoms with Crippen molar-refractivity contribution in [3.8, 4) is 0 Å². The number of benzene rings is 1. The zero-order chi connectivity index (χ0) is 19.3. The summed E-state index contributed by atoms with van der Waals surface area (Å²) in [4.78, 5) is 27.9. The Hall–Kier alpha value is -2.34. The van der Waals surface area contributed by atoms with Gasteiger partial charge in [0.05, 0.1) is 0 Å². The van der Waals surface area contributed by atoms with Gasteiger partial charge in [0.1, 0.15) is 0 Å². The van der Waals surface area contributed by atoms with Crippen molar-refractivity contribution in [3.63, 3.8) is 0 Å². The molecule has 0 unspecified atom stereocenters. The van der Waals surface area contributed by atoms with E-state index in [2.05, 4.69) is 28.1 Å². The molecule has 27 heavy (non-hydrogen) atoms. The van der Waals surface area contributed by atoms with E-state index in [9.17, 15) is 9.59 Å². The van der Waals surface area contributed by atoms with Gasteiger partial charge >= 0.3 is 11.8 Å². The first-order chi connectivity index (χ1) is 13.0. The van der Waals surface area contributed by atoms with Crippen LogP contribution < -0.4 is 15.5 Å². The summed E-state index contributed by atoms with van der Waals surface area (Å²) in [6.07, 6.45) is 5.68. The second kappa shape index (κ2) is 8.57. The maximum absolute atomic E-state index is 12.3. The third-order valence-electron chi connectivity index (χ3n) is 5.29. The van der Waals surface area contributed by atoms with Crippen molar-refractivity contribution in [3.05, 3.63) is 46.7 Å². The molecule has 1 saturated carbocycles. The number of nitrogens with zero attached hydrogens (tertiary/aromatic N) is 1. The van der Waals surface area contributed by atoms with Crippen LogP contribution in [-0.4, -0.2) is 32.5 Å². The van der Waals surface area contributed by atoms with Crippen LogP contribution in [0.3, 0.4) is 0 Å². The lowest BCUT2D eigenvalue weighted by Gasteiger charge is -2.36. The van der Waals surface area contributed by atoms with Crippen LogP contribution in [0.1, 0.15) is 37.0 Å². The van der Waals surface area contributed by atoms with Crippen LogP contribution in [0.5, 0.6) is 0 Å². The molecule has 1 aliphatic carbocycles. The van der Waals surface area contributed by atoms with Crippen molar-refractivity contribution >= 4 is 34.5 Å². The molecular formula is C21H27N3O2S. The van der Waals surface area contributed by atoms with E-state index in [1.165, 1.54) is 11.3 Å². The summed E-state index contributed by atoms with van der Waals surface area (Å²) in [5, 5.41) is 7.64. The molecule has 6 heteroatoms. The number of rotatable bonds is 5. The SMILES string of the molecule is CN(C)c1ccc(NC(=O)C(=O)NCC2(c3cccs3)CCCCC2)cc1. The van der Waals surface area contributed by atoms with Crippen molar-refractivity contribution < 1.29 is 9.59 Å². The molecule has 144 valence electrons. The van der Waals surface area contributed by atoms with Gasteiger partial charge in [0.2, 0.25) is 0 Å². The fourth-order valence-electron chi connectivity index (χ4n) is 3.68. The summed E-state index contributed by atoms with van der Waals surface area (Å²) in [7, 11) is 3.91. The molecule has 2 N–H and O–H groups in total. The third-order valence-corrected chi connectivity index (χ3v) is 6.41. The molecule has 1 fully saturated rings. The van der Waals surface area contributed by atoms with E-state index in [1.54, 1.807) is 23.5 Å². The highest BCUT2D eigenvalue weighted by Gasteiger charge is 2.35. The molecule has 5 nitrogen and oxygen atoms in total. The van der Waals surface area contributed by atoms with Gasteiger partial charge in [-0.2, -0.15) is 0 Å². The fourth-order valence-corrected chi connectivity index (χ4v) is 4.67. The van der Waals surface area contributed by atoms with Crippen molar-refractivity contribution in [2.75, 3.05) is 30.9 Å². The topological polar surface area (TPSA) is 61.4 Å². The maximum Gasteiger partial charge on any atom is 0.313 e. The van der Waals surface area contributed by atoms with Crippen molar-refractivity contribution in [2.45, 2.75) is 37.5 Å². The first kappa shape index (κ1) is 19.4. The minimum absolute atomic E-state index is 0.0320. The monoisotopic (exact) mass is 385 g/mol. The smallest absolute Gasteiger partial charge is 0.313 e. The second-order valence-electron chi connectivity index (χ2n) is 7.40. The van der Waals surface area contributed by atoms with Crippen LogP contribution in [-0.2, 0) is 15.0 Å². The first-order valence-corrected chi connectivity index (χ1v) is 10.3. The minimum Gasteiger partial charge on any atom is -0.378 e. The van der Waals surface area contributed by atoms with E-state index in [0.717, 1.165) is 31.4 Å². The lowest BCUT2D eigenvalue weighted by molar-refractivity contribution is -0.136. The van der Waals surface area contributed by atoms with E-state index >= 15 is 0 Å². The normalized spacial score (nSPS) is 15.8. The Balaban J connectivity index is 1.59. The molecule has 0 radical (unpaired) electrons. The standard InChI is InChI=1S/C21H27N3O2S/c1-24(2)17-10-8-16(9-11-17)23-20(26)19(25)22-15-21(12-4-3-5-13-21)18-7-6-14-27-18/h6-11,14H,3-5,12-13,15H2,1-2H3,(H,22,25)(H,23,26). The van der Waals surface area contributed by atoms with Gasteiger partial charge in [-0.3, -0.25) is 9.59 Å². The summed E-state index contributed by atoms with van der Waals surface area (Å²) in [5.41, 5.74) is 1.62. The summed E-state index contributed by atoms with van der Waals surface area (Å²) in [6, 6.07) is 11.6. The maximum atomic E-state index is 12.3. The minimum atomic E-state index is -0.621. The van der Waals surface area contributed by atoms with Crippen LogP contribution in [0.15, 0.2) is 41.8 Å². The van der Waals surface area contributed by atoms with E-state index in [0.29, 0.717) is 12.2 Å². The van der Waals surface area contributed by atoms with Gasteiger partial charge in [-0.15, -0.1) is 11.3 Å². The Morgan fingerprint density at radius 3 is 2.33 bits per heavy atom. The lowest BCUT2D eigenvalue weighted by Crippen LogP contribution is -2.45. The number of carbonyl (C=O) groups excluding carboxylic acids is 2. The number of nitrogens with one attached hydrogen (secondary N) is 2. The number of hydrogen-bond acceptors (Lipinski definition) is 4. The largest absolute Gasteiger partial charge is 0.378 e. The number of carbonyl (C=O) groups is 2. The van der Waals surface area contributed by atoms with E-state index in [4.69, 9.17) is 0 Å². The Morgan fingerprint density at radius 2 is 1.74 bits per heavy atom. The molecule has 0 atom stereocenters. The van der Waals surface area contributed by atoms with E-state index < -0.39 is 11.8 Å². The summed E-state index contributed by atoms with van der Waals surface area (Å²) in [5.74, 6) is -1.20. The number of amides is 2. The highest BCUT2D eigenvalue weighted by atomic mass is 32.1. The summed E-state index contributed by atoms with van der Waals surface area (Å²) in [6.45, 7) is 0.513. The molecule has 0 spiro atoms. The number of anilines is 2. The Labute approximate surface area is 164 Å². The number of thiophene rings is 1. The Morgan fingerprint density at radius 1 is 1.04 bits per heavy atom. The van der Waals surface area contributed by atoms with Gasteiger partial charge in [-0.25, -0.2) is 0 Å². The zero-order valence-electron chi connectivity index (χ0n) is 16.0. The van der Waals surface area contributed by atoms with Crippen LogP contribution in [0.4, 0.5) is 11.4 Å². The Bertz CT molecular complexity index is 763. The predicted octanol–water partition coefficient (Wildman–Crippen LogP) is 3.77. The van der Waals surface area contributed by atoms with Gasteiger partial charge < -0.3 is 15.5 Å². The highest BCUT2D eigenvalue weighted by molar-refractivity contribution is 7.10. The van der Waals surface area contributed by atoms with Gasteiger partial charge in [-0.1, -0.05) is 25.3 Å². The lowest BCUT2D eigenvalue weighted by atomic mass is 9.73. The van der Waals surface area contributed by atoms with Crippen LogP contribution in [0.25, 0.3) is 0 Å². The molecule has 1 aromatic heterocycles. The molecule has 0 bridgehead atoms.